The van der Waals surface area contributed by atoms with Gasteiger partial charge in [0.2, 0.25) is 0 Å². The molecule has 0 bridgehead atoms. The second-order valence-electron chi connectivity index (χ2n) is 7.48. The predicted molar refractivity (Wildman–Crippen MR) is 93.0 cm³/mol. The number of hydrogen-bond acceptors (Lipinski definition) is 4. The second kappa shape index (κ2) is 6.78. The molecule has 2 heterocycles. The van der Waals surface area contributed by atoms with E-state index in [1.807, 2.05) is 11.3 Å². The Balaban J connectivity index is 1.96. The van der Waals surface area contributed by atoms with Gasteiger partial charge in [0.05, 0.1) is 0 Å². The monoisotopic (exact) mass is 309 g/mol. The zero-order valence-electron chi connectivity index (χ0n) is 14.5. The average Bonchev–Trinajstić information content (AvgIpc) is 2.70. The fraction of sp³-hybridized carbons (Fsp3) is 0.765. The summed E-state index contributed by atoms with van der Waals surface area (Å²) >= 11 is 1.95. The van der Waals surface area contributed by atoms with Gasteiger partial charge in [0, 0.05) is 54.1 Å². The lowest BCUT2D eigenvalue weighted by Gasteiger charge is -2.38. The maximum absolute atomic E-state index is 3.59. The van der Waals surface area contributed by atoms with Gasteiger partial charge >= 0.3 is 0 Å². The van der Waals surface area contributed by atoms with E-state index in [0.29, 0.717) is 6.04 Å². The summed E-state index contributed by atoms with van der Waals surface area (Å²) in [6, 6.07) is 3.06. The van der Waals surface area contributed by atoms with Crippen LogP contribution in [0.4, 0.5) is 0 Å². The van der Waals surface area contributed by atoms with Crippen molar-refractivity contribution >= 4 is 11.3 Å². The highest BCUT2D eigenvalue weighted by molar-refractivity contribution is 7.12. The van der Waals surface area contributed by atoms with Crippen LogP contribution >= 0.6 is 11.3 Å². The minimum absolute atomic E-state index is 0.185. The lowest BCUT2D eigenvalue weighted by Crippen LogP contribution is -2.49. The first-order valence-corrected chi connectivity index (χ1v) is 8.82. The molecule has 3 nitrogen and oxygen atoms in total. The normalized spacial score (nSPS) is 21.9. The van der Waals surface area contributed by atoms with Crippen LogP contribution in [0.15, 0.2) is 6.07 Å². The first-order chi connectivity index (χ1) is 9.74. The third-order valence-corrected chi connectivity index (χ3v) is 5.30. The number of rotatable bonds is 4. The van der Waals surface area contributed by atoms with Gasteiger partial charge in [-0.1, -0.05) is 0 Å². The molecule has 1 aliphatic rings. The van der Waals surface area contributed by atoms with Gasteiger partial charge < -0.3 is 10.2 Å². The van der Waals surface area contributed by atoms with Gasteiger partial charge in [-0.15, -0.1) is 11.3 Å². The number of aryl methyl sites for hydroxylation is 1. The number of thiophene rings is 1. The van der Waals surface area contributed by atoms with Gasteiger partial charge in [-0.2, -0.15) is 0 Å². The van der Waals surface area contributed by atoms with Crippen LogP contribution in [0, 0.1) is 6.92 Å². The molecule has 1 unspecified atom stereocenters. The first kappa shape index (κ1) is 16.9. The van der Waals surface area contributed by atoms with Crippen LogP contribution in [0.1, 0.15) is 43.0 Å². The molecule has 1 saturated heterocycles. The van der Waals surface area contributed by atoms with Crippen molar-refractivity contribution in [1.29, 1.82) is 0 Å². The minimum atomic E-state index is 0.185. The van der Waals surface area contributed by atoms with Crippen LogP contribution in [0.2, 0.25) is 0 Å². The molecule has 4 heteroatoms. The quantitative estimate of drug-likeness (QED) is 0.922. The van der Waals surface area contributed by atoms with E-state index in [0.717, 1.165) is 13.1 Å². The van der Waals surface area contributed by atoms with E-state index in [-0.39, 0.29) is 5.54 Å². The molecule has 1 aromatic rings. The summed E-state index contributed by atoms with van der Waals surface area (Å²) in [4.78, 5) is 7.99. The van der Waals surface area contributed by atoms with Crippen molar-refractivity contribution in [2.75, 3.05) is 26.7 Å². The Bertz CT molecular complexity index is 461. The number of nitrogens with one attached hydrogen (secondary N) is 1. The topological polar surface area (TPSA) is 18.5 Å². The molecule has 0 spiro atoms. The lowest BCUT2D eigenvalue weighted by molar-refractivity contribution is 0.0938. The average molecular weight is 310 g/mol. The summed E-state index contributed by atoms with van der Waals surface area (Å²) in [6.45, 7) is 16.9. The molecular weight excluding hydrogens is 278 g/mol. The summed E-state index contributed by atoms with van der Waals surface area (Å²) in [5.74, 6) is 0. The molecule has 1 aliphatic heterocycles. The molecule has 2 rings (SSSR count). The highest BCUT2D eigenvalue weighted by Crippen LogP contribution is 2.24. The maximum atomic E-state index is 3.59. The fourth-order valence-corrected chi connectivity index (χ4v) is 3.81. The van der Waals surface area contributed by atoms with Gasteiger partial charge in [0.15, 0.2) is 0 Å². The van der Waals surface area contributed by atoms with E-state index in [9.17, 15) is 0 Å². The Morgan fingerprint density at radius 1 is 1.33 bits per heavy atom. The van der Waals surface area contributed by atoms with Gasteiger partial charge in [0.1, 0.15) is 0 Å². The molecule has 1 N–H and O–H groups in total. The third kappa shape index (κ3) is 5.06. The van der Waals surface area contributed by atoms with E-state index in [1.54, 1.807) is 0 Å². The van der Waals surface area contributed by atoms with Gasteiger partial charge in [-0.05, 0) is 53.3 Å². The van der Waals surface area contributed by atoms with Crippen LogP contribution in [0.25, 0.3) is 0 Å². The van der Waals surface area contributed by atoms with Crippen molar-refractivity contribution in [3.8, 4) is 0 Å². The van der Waals surface area contributed by atoms with Crippen LogP contribution in [-0.4, -0.2) is 48.1 Å². The zero-order valence-corrected chi connectivity index (χ0v) is 15.3. The molecule has 0 aromatic carbocycles. The number of hydrogen-bond donors (Lipinski definition) is 1. The SMILES string of the molecule is Cc1sc(CNC(C)(C)C)cc1CN1CCN(C)CC1C. The summed E-state index contributed by atoms with van der Waals surface area (Å²) < 4.78 is 0. The Kier molecular flexibility index (Phi) is 5.47. The van der Waals surface area contributed by atoms with E-state index in [4.69, 9.17) is 0 Å². The van der Waals surface area contributed by atoms with Crippen molar-refractivity contribution in [2.45, 2.75) is 59.3 Å². The van der Waals surface area contributed by atoms with Gasteiger partial charge in [-0.25, -0.2) is 0 Å². The fourth-order valence-electron chi connectivity index (χ4n) is 2.82. The first-order valence-electron chi connectivity index (χ1n) is 8.00. The Morgan fingerprint density at radius 3 is 2.67 bits per heavy atom. The Labute approximate surface area is 134 Å². The van der Waals surface area contributed by atoms with Crippen molar-refractivity contribution in [2.24, 2.45) is 0 Å². The zero-order chi connectivity index (χ0) is 15.6. The number of nitrogens with zero attached hydrogens (tertiary/aromatic N) is 2. The molecule has 120 valence electrons. The maximum Gasteiger partial charge on any atom is 0.0304 e. The summed E-state index contributed by atoms with van der Waals surface area (Å²) in [6.07, 6.45) is 0. The van der Waals surface area contributed by atoms with Crippen LogP contribution in [-0.2, 0) is 13.1 Å². The number of likely N-dealkylation sites (N-methyl/N-ethyl adjacent to an activating group) is 1. The van der Waals surface area contributed by atoms with E-state index < -0.39 is 0 Å². The molecule has 21 heavy (non-hydrogen) atoms. The largest absolute Gasteiger partial charge is 0.307 e. The molecule has 0 saturated carbocycles. The molecule has 0 aliphatic carbocycles. The summed E-state index contributed by atoms with van der Waals surface area (Å²) in [5, 5.41) is 3.59. The third-order valence-electron chi connectivity index (χ3n) is 4.21. The molecule has 1 aromatic heterocycles. The van der Waals surface area contributed by atoms with E-state index in [2.05, 4.69) is 62.8 Å². The van der Waals surface area contributed by atoms with Crippen molar-refractivity contribution in [1.82, 2.24) is 15.1 Å². The van der Waals surface area contributed by atoms with Crippen LogP contribution < -0.4 is 5.32 Å². The van der Waals surface area contributed by atoms with Crippen LogP contribution in [0.5, 0.6) is 0 Å². The van der Waals surface area contributed by atoms with E-state index in [1.165, 1.54) is 35.0 Å². The molecule has 0 amide bonds. The summed E-state index contributed by atoms with van der Waals surface area (Å²) in [7, 11) is 2.22. The standard InChI is InChI=1S/C17H31N3S/c1-13-11-19(6)7-8-20(13)12-15-9-16(21-14(15)2)10-18-17(3,4)5/h9,13,18H,7-8,10-12H2,1-6H3. The van der Waals surface area contributed by atoms with Gasteiger partial charge in [-0.3, -0.25) is 4.90 Å². The molecule has 1 fully saturated rings. The van der Waals surface area contributed by atoms with Crippen LogP contribution in [0.3, 0.4) is 0 Å². The molecular formula is C17H31N3S. The van der Waals surface area contributed by atoms with Gasteiger partial charge in [0.25, 0.3) is 0 Å². The van der Waals surface area contributed by atoms with Crippen molar-refractivity contribution < 1.29 is 0 Å². The second-order valence-corrected chi connectivity index (χ2v) is 8.82. The minimum Gasteiger partial charge on any atom is -0.307 e. The van der Waals surface area contributed by atoms with Crippen molar-refractivity contribution in [3.63, 3.8) is 0 Å². The number of piperazine rings is 1. The predicted octanol–water partition coefficient (Wildman–Crippen LogP) is 3.08. The van der Waals surface area contributed by atoms with E-state index >= 15 is 0 Å². The van der Waals surface area contributed by atoms with Crippen molar-refractivity contribution in [3.05, 3.63) is 21.4 Å². The smallest absolute Gasteiger partial charge is 0.0304 e. The highest BCUT2D eigenvalue weighted by atomic mass is 32.1. The highest BCUT2D eigenvalue weighted by Gasteiger charge is 2.22. The lowest BCUT2D eigenvalue weighted by atomic mass is 10.1. The Morgan fingerprint density at radius 2 is 2.05 bits per heavy atom. The molecule has 1 atom stereocenters. The molecule has 0 radical (unpaired) electrons. The summed E-state index contributed by atoms with van der Waals surface area (Å²) in [5.41, 5.74) is 1.70. The Hall–Kier alpha value is -0.420.